The smallest absolute Gasteiger partial charge is 0.271 e. The molecule has 0 saturated carbocycles. The van der Waals surface area contributed by atoms with Crippen LogP contribution in [0.4, 0.5) is 4.39 Å². The van der Waals surface area contributed by atoms with E-state index in [1.807, 2.05) is 18.7 Å². The van der Waals surface area contributed by atoms with Gasteiger partial charge in [-0.3, -0.25) is 9.69 Å². The Kier molecular flexibility index (Phi) is 9.75. The van der Waals surface area contributed by atoms with E-state index in [1.165, 1.54) is 10.7 Å². The molecule has 0 spiro atoms. The second-order valence-corrected chi connectivity index (χ2v) is 7.12. The fourth-order valence-corrected chi connectivity index (χ4v) is 2.92. The molecule has 0 aliphatic rings. The number of halogens is 2. The van der Waals surface area contributed by atoms with Crippen molar-refractivity contribution in [1.29, 1.82) is 0 Å². The molecule has 6 nitrogen and oxygen atoms in total. The first-order chi connectivity index (χ1) is 12.8. The highest BCUT2D eigenvalue weighted by atomic mass is 35.5. The quantitative estimate of drug-likeness (QED) is 0.659. The number of rotatable bonds is 9. The monoisotopic (exact) mass is 413 g/mol. The summed E-state index contributed by atoms with van der Waals surface area (Å²) in [6.45, 7) is 7.07. The number of hydrogen-bond donors (Lipinski definition) is 2. The lowest BCUT2D eigenvalue weighted by Crippen LogP contribution is -2.35. The van der Waals surface area contributed by atoms with Gasteiger partial charge in [0.1, 0.15) is 5.82 Å². The summed E-state index contributed by atoms with van der Waals surface area (Å²) in [5.41, 5.74) is 2.20. The maximum absolute atomic E-state index is 13.6. The predicted octanol–water partition coefficient (Wildman–Crippen LogP) is 2.22. The van der Waals surface area contributed by atoms with Gasteiger partial charge < -0.3 is 10.2 Å². The largest absolute Gasteiger partial charge is 0.395 e. The lowest BCUT2D eigenvalue weighted by Gasteiger charge is -2.21. The van der Waals surface area contributed by atoms with E-state index in [0.717, 1.165) is 5.56 Å². The molecule has 2 aromatic rings. The molecule has 1 aromatic heterocycles. The van der Waals surface area contributed by atoms with Crippen molar-refractivity contribution in [2.24, 2.45) is 5.92 Å². The molecule has 28 heavy (non-hydrogen) atoms. The molecule has 0 bridgehead atoms. The summed E-state index contributed by atoms with van der Waals surface area (Å²) in [6.07, 6.45) is 0. The van der Waals surface area contributed by atoms with Gasteiger partial charge in [0.25, 0.3) is 5.56 Å². The molecule has 2 N–H and O–H groups in total. The SMILES string of the molecule is Cc1cc(-c2cc(CN(CCO)CCO)c(=O)n(CC(C)C)n2)ccc1F.Cl. The summed E-state index contributed by atoms with van der Waals surface area (Å²) < 4.78 is 15.1. The minimum Gasteiger partial charge on any atom is -0.395 e. The Morgan fingerprint density at radius 2 is 1.82 bits per heavy atom. The van der Waals surface area contributed by atoms with Crippen LogP contribution in [0.15, 0.2) is 29.1 Å². The molecule has 0 fully saturated rings. The number of benzene rings is 1. The third-order valence-corrected chi connectivity index (χ3v) is 4.27. The normalized spacial score (nSPS) is 11.1. The molecule has 0 saturated heterocycles. The van der Waals surface area contributed by atoms with Gasteiger partial charge in [0.2, 0.25) is 0 Å². The van der Waals surface area contributed by atoms with E-state index < -0.39 is 0 Å². The topological polar surface area (TPSA) is 78.6 Å². The first kappa shape index (κ1) is 24.2. The molecule has 0 unspecified atom stereocenters. The van der Waals surface area contributed by atoms with Crippen molar-refractivity contribution in [3.05, 3.63) is 51.6 Å². The third-order valence-electron chi connectivity index (χ3n) is 4.27. The zero-order valence-electron chi connectivity index (χ0n) is 16.6. The van der Waals surface area contributed by atoms with Gasteiger partial charge in [0, 0.05) is 37.3 Å². The lowest BCUT2D eigenvalue weighted by molar-refractivity contribution is 0.155. The Hall–Kier alpha value is -1.80. The Morgan fingerprint density at radius 1 is 1.18 bits per heavy atom. The van der Waals surface area contributed by atoms with Crippen LogP contribution >= 0.6 is 12.4 Å². The van der Waals surface area contributed by atoms with Crippen molar-refractivity contribution >= 4 is 12.4 Å². The molecule has 1 aromatic carbocycles. The van der Waals surface area contributed by atoms with Gasteiger partial charge in [-0.1, -0.05) is 13.8 Å². The Balaban J connectivity index is 0.00000392. The summed E-state index contributed by atoms with van der Waals surface area (Å²) >= 11 is 0. The van der Waals surface area contributed by atoms with Gasteiger partial charge in [0.15, 0.2) is 0 Å². The minimum atomic E-state index is -0.286. The third kappa shape index (κ3) is 6.38. The van der Waals surface area contributed by atoms with E-state index in [0.29, 0.717) is 43.0 Å². The highest BCUT2D eigenvalue weighted by Gasteiger charge is 2.15. The van der Waals surface area contributed by atoms with Gasteiger partial charge in [-0.15, -0.1) is 12.4 Å². The number of aryl methyl sites for hydroxylation is 1. The highest BCUT2D eigenvalue weighted by Crippen LogP contribution is 2.20. The van der Waals surface area contributed by atoms with Gasteiger partial charge in [-0.25, -0.2) is 9.07 Å². The Labute approximate surface area is 171 Å². The zero-order valence-corrected chi connectivity index (χ0v) is 17.4. The minimum absolute atomic E-state index is 0. The standard InChI is InChI=1S/C20H28FN3O3.ClH/c1-14(2)12-24-20(27)17(13-23(6-8-25)7-9-26)11-19(22-24)16-4-5-18(21)15(3)10-16;/h4-5,10-11,14,25-26H,6-9,12-13H2,1-3H3;1H. The van der Waals surface area contributed by atoms with Crippen molar-refractivity contribution in [3.8, 4) is 11.3 Å². The van der Waals surface area contributed by atoms with Crippen LogP contribution in [0, 0.1) is 18.7 Å². The number of hydrogen-bond acceptors (Lipinski definition) is 5. The summed E-state index contributed by atoms with van der Waals surface area (Å²) in [5, 5.41) is 22.9. The molecule has 0 amide bonds. The van der Waals surface area contributed by atoms with Crippen molar-refractivity contribution in [3.63, 3.8) is 0 Å². The van der Waals surface area contributed by atoms with Gasteiger partial charge >= 0.3 is 0 Å². The van der Waals surface area contributed by atoms with E-state index >= 15 is 0 Å². The first-order valence-electron chi connectivity index (χ1n) is 9.17. The average Bonchev–Trinajstić information content (AvgIpc) is 2.60. The Morgan fingerprint density at radius 3 is 2.36 bits per heavy atom. The van der Waals surface area contributed by atoms with E-state index in [1.54, 1.807) is 25.1 Å². The van der Waals surface area contributed by atoms with Crippen LogP contribution in [-0.2, 0) is 13.1 Å². The fraction of sp³-hybridized carbons (Fsp3) is 0.500. The number of aliphatic hydroxyl groups is 2. The van der Waals surface area contributed by atoms with Crippen molar-refractivity contribution in [2.75, 3.05) is 26.3 Å². The summed E-state index contributed by atoms with van der Waals surface area (Å²) in [7, 11) is 0. The van der Waals surface area contributed by atoms with Crippen molar-refractivity contribution in [2.45, 2.75) is 33.9 Å². The van der Waals surface area contributed by atoms with Crippen LogP contribution in [0.2, 0.25) is 0 Å². The van der Waals surface area contributed by atoms with E-state index in [9.17, 15) is 19.4 Å². The van der Waals surface area contributed by atoms with Crippen molar-refractivity contribution < 1.29 is 14.6 Å². The molecule has 8 heteroatoms. The molecule has 2 rings (SSSR count). The highest BCUT2D eigenvalue weighted by molar-refractivity contribution is 5.85. The lowest BCUT2D eigenvalue weighted by atomic mass is 10.1. The molecule has 1 heterocycles. The fourth-order valence-electron chi connectivity index (χ4n) is 2.92. The molecule has 0 radical (unpaired) electrons. The summed E-state index contributed by atoms with van der Waals surface area (Å²) in [4.78, 5) is 14.7. The maximum Gasteiger partial charge on any atom is 0.271 e. The van der Waals surface area contributed by atoms with Crippen LogP contribution < -0.4 is 5.56 Å². The van der Waals surface area contributed by atoms with Gasteiger partial charge in [0.05, 0.1) is 18.9 Å². The number of aromatic nitrogens is 2. The predicted molar refractivity (Wildman–Crippen MR) is 110 cm³/mol. The molecular weight excluding hydrogens is 385 g/mol. The number of nitrogens with zero attached hydrogens (tertiary/aromatic N) is 3. The maximum atomic E-state index is 13.6. The second-order valence-electron chi connectivity index (χ2n) is 7.12. The van der Waals surface area contributed by atoms with E-state index in [2.05, 4.69) is 5.10 Å². The van der Waals surface area contributed by atoms with Crippen LogP contribution in [-0.4, -0.2) is 51.2 Å². The molecular formula is C20H29ClFN3O3. The van der Waals surface area contributed by atoms with E-state index in [-0.39, 0.29) is 42.9 Å². The number of aliphatic hydroxyl groups excluding tert-OH is 2. The molecule has 156 valence electrons. The zero-order chi connectivity index (χ0) is 20.0. The average molecular weight is 414 g/mol. The Bertz CT molecular complexity index is 821. The second kappa shape index (κ2) is 11.3. The molecule has 0 aliphatic carbocycles. The summed E-state index contributed by atoms with van der Waals surface area (Å²) in [6, 6.07) is 6.48. The van der Waals surface area contributed by atoms with Crippen LogP contribution in [0.3, 0.4) is 0 Å². The van der Waals surface area contributed by atoms with Crippen molar-refractivity contribution in [1.82, 2.24) is 14.7 Å². The van der Waals surface area contributed by atoms with Gasteiger partial charge in [-0.2, -0.15) is 5.10 Å². The van der Waals surface area contributed by atoms with E-state index in [4.69, 9.17) is 0 Å². The van der Waals surface area contributed by atoms with Crippen LogP contribution in [0.5, 0.6) is 0 Å². The molecule has 0 aliphatic heterocycles. The van der Waals surface area contributed by atoms with Crippen LogP contribution in [0.1, 0.15) is 25.0 Å². The summed E-state index contributed by atoms with van der Waals surface area (Å²) in [5.74, 6) is -0.0502. The van der Waals surface area contributed by atoms with Crippen LogP contribution in [0.25, 0.3) is 11.3 Å². The molecule has 0 atom stereocenters. The van der Waals surface area contributed by atoms with Gasteiger partial charge in [-0.05, 0) is 42.7 Å². The first-order valence-corrected chi connectivity index (χ1v) is 9.17.